The predicted octanol–water partition coefficient (Wildman–Crippen LogP) is 3.69. The minimum absolute atomic E-state index is 0.0380. The molecule has 0 radical (unpaired) electrons. The monoisotopic (exact) mass is 476 g/mol. The Bertz CT molecular complexity index is 1370. The van der Waals surface area contributed by atoms with Crippen LogP contribution < -0.4 is 15.0 Å². The Hall–Kier alpha value is -4.25. The zero-order valence-electron chi connectivity index (χ0n) is 20.4. The molecule has 3 heterocycles. The molecule has 1 aromatic carbocycles. The highest BCUT2D eigenvalue weighted by Gasteiger charge is 2.22. The summed E-state index contributed by atoms with van der Waals surface area (Å²) in [4.78, 5) is 28.8. The van der Waals surface area contributed by atoms with Crippen molar-refractivity contribution in [2.24, 2.45) is 7.05 Å². The summed E-state index contributed by atoms with van der Waals surface area (Å²) in [5.41, 5.74) is 4.20. The number of pyridine rings is 1. The molecule has 0 saturated carbocycles. The van der Waals surface area contributed by atoms with Gasteiger partial charge in [-0.3, -0.25) is 15.1 Å². The van der Waals surface area contributed by atoms with Crippen molar-refractivity contribution in [1.82, 2.24) is 24.4 Å². The van der Waals surface area contributed by atoms with Crippen LogP contribution in [0.3, 0.4) is 0 Å². The molecular weight excluding hydrogens is 448 g/mol. The van der Waals surface area contributed by atoms with E-state index in [1.807, 2.05) is 60.9 Å². The second kappa shape index (κ2) is 9.94. The Morgan fingerprint density at radius 2 is 1.94 bits per heavy atom. The zero-order valence-corrected chi connectivity index (χ0v) is 20.4. The Morgan fingerprint density at radius 1 is 1.14 bits per heavy atom. The minimum Gasteiger partial charge on any atom is -0.494 e. The smallest absolute Gasteiger partial charge is 0.294 e. The molecule has 11 heteroatoms. The van der Waals surface area contributed by atoms with Crippen LogP contribution in [0.2, 0.25) is 0 Å². The van der Waals surface area contributed by atoms with Crippen LogP contribution in [0.5, 0.6) is 5.75 Å². The highest BCUT2D eigenvalue weighted by atomic mass is 16.6. The van der Waals surface area contributed by atoms with Gasteiger partial charge in [0.1, 0.15) is 11.4 Å². The van der Waals surface area contributed by atoms with Gasteiger partial charge in [-0.25, -0.2) is 9.97 Å². The maximum Gasteiger partial charge on any atom is 0.294 e. The number of nitrogens with one attached hydrogen (secondary N) is 1. The summed E-state index contributed by atoms with van der Waals surface area (Å²) >= 11 is 0. The van der Waals surface area contributed by atoms with Gasteiger partial charge in [-0.1, -0.05) is 0 Å². The molecule has 0 aliphatic carbocycles. The first-order chi connectivity index (χ1) is 16.8. The van der Waals surface area contributed by atoms with Crippen LogP contribution in [0.15, 0.2) is 48.9 Å². The van der Waals surface area contributed by atoms with Crippen molar-refractivity contribution in [3.05, 3.63) is 59.0 Å². The number of methoxy groups -OCH3 is 1. The third-order valence-corrected chi connectivity index (χ3v) is 5.71. The molecule has 0 unspecified atom stereocenters. The van der Waals surface area contributed by atoms with E-state index in [-0.39, 0.29) is 11.6 Å². The number of likely N-dealkylation sites (N-methyl/N-ethyl adjacent to an activating group) is 2. The van der Waals surface area contributed by atoms with Crippen LogP contribution in [0.25, 0.3) is 22.3 Å². The van der Waals surface area contributed by atoms with E-state index in [2.05, 4.69) is 20.3 Å². The number of hydrogen-bond donors (Lipinski definition) is 1. The van der Waals surface area contributed by atoms with E-state index in [0.29, 0.717) is 29.4 Å². The molecule has 182 valence electrons. The first-order valence-corrected chi connectivity index (χ1v) is 11.0. The second-order valence-electron chi connectivity index (χ2n) is 8.44. The van der Waals surface area contributed by atoms with E-state index < -0.39 is 4.92 Å². The van der Waals surface area contributed by atoms with Crippen molar-refractivity contribution in [3.8, 4) is 17.0 Å². The molecule has 0 aliphatic rings. The lowest BCUT2D eigenvalue weighted by atomic mass is 10.2. The number of nitrogens with zero attached hydrogens (tertiary/aromatic N) is 7. The molecule has 0 spiro atoms. The molecule has 35 heavy (non-hydrogen) atoms. The Balaban J connectivity index is 1.70. The molecule has 0 atom stereocenters. The number of aromatic nitrogens is 4. The fourth-order valence-corrected chi connectivity index (χ4v) is 3.84. The summed E-state index contributed by atoms with van der Waals surface area (Å²) in [5.74, 6) is 0.736. The van der Waals surface area contributed by atoms with Gasteiger partial charge in [-0.2, -0.15) is 0 Å². The van der Waals surface area contributed by atoms with E-state index in [4.69, 9.17) is 4.74 Å². The van der Waals surface area contributed by atoms with Crippen LogP contribution in [-0.2, 0) is 7.05 Å². The van der Waals surface area contributed by atoms with Gasteiger partial charge in [0.15, 0.2) is 0 Å². The van der Waals surface area contributed by atoms with Crippen molar-refractivity contribution >= 4 is 34.0 Å². The number of nitro groups is 1. The van der Waals surface area contributed by atoms with Crippen LogP contribution in [0.1, 0.15) is 0 Å². The SMILES string of the molecule is COc1cc(N(C)CCN(C)C)c([N+](=O)[O-])cc1Nc1nccc(-c2cn(C)c3cccnc23)n1. The summed E-state index contributed by atoms with van der Waals surface area (Å²) in [6, 6.07) is 8.80. The van der Waals surface area contributed by atoms with E-state index in [9.17, 15) is 10.1 Å². The van der Waals surface area contributed by atoms with Crippen LogP contribution in [-0.4, -0.2) is 70.7 Å². The highest BCUT2D eigenvalue weighted by molar-refractivity contribution is 5.92. The summed E-state index contributed by atoms with van der Waals surface area (Å²) in [6.07, 6.45) is 5.34. The fourth-order valence-electron chi connectivity index (χ4n) is 3.84. The number of rotatable bonds is 9. The molecule has 0 bridgehead atoms. The van der Waals surface area contributed by atoms with Crippen molar-refractivity contribution < 1.29 is 9.66 Å². The number of hydrogen-bond acceptors (Lipinski definition) is 9. The van der Waals surface area contributed by atoms with Gasteiger partial charge in [0.2, 0.25) is 5.95 Å². The standard InChI is InChI=1S/C24H28N8O3/c1-29(2)11-12-30(3)20-14-22(35-5)18(13-21(20)32(33)34)28-24-26-10-8-17(27-24)16-15-31(4)19-7-6-9-25-23(16)19/h6-10,13-15H,11-12H2,1-5H3,(H,26,27,28). The predicted molar refractivity (Wildman–Crippen MR) is 136 cm³/mol. The summed E-state index contributed by atoms with van der Waals surface area (Å²) in [5, 5.41) is 15.0. The molecule has 0 saturated heterocycles. The average molecular weight is 477 g/mol. The van der Waals surface area contributed by atoms with Gasteiger partial charge in [0, 0.05) is 63.5 Å². The lowest BCUT2D eigenvalue weighted by molar-refractivity contribution is -0.384. The fraction of sp³-hybridized carbons (Fsp3) is 0.292. The maximum atomic E-state index is 11.9. The topological polar surface area (TPSA) is 114 Å². The van der Waals surface area contributed by atoms with Crippen LogP contribution in [0, 0.1) is 10.1 Å². The van der Waals surface area contributed by atoms with E-state index in [1.165, 1.54) is 13.2 Å². The van der Waals surface area contributed by atoms with Gasteiger partial charge in [0.25, 0.3) is 5.69 Å². The van der Waals surface area contributed by atoms with Crippen molar-refractivity contribution in [1.29, 1.82) is 0 Å². The van der Waals surface area contributed by atoms with Gasteiger partial charge in [0.05, 0.1) is 34.4 Å². The number of fused-ring (bicyclic) bond motifs is 1. The van der Waals surface area contributed by atoms with Crippen molar-refractivity contribution in [2.75, 3.05) is 51.6 Å². The zero-order chi connectivity index (χ0) is 25.1. The molecule has 0 amide bonds. The van der Waals surface area contributed by atoms with Gasteiger partial charge >= 0.3 is 0 Å². The van der Waals surface area contributed by atoms with Crippen LogP contribution in [0.4, 0.5) is 23.0 Å². The molecule has 4 aromatic rings. The molecule has 3 aromatic heterocycles. The van der Waals surface area contributed by atoms with E-state index in [0.717, 1.165) is 23.1 Å². The van der Waals surface area contributed by atoms with E-state index >= 15 is 0 Å². The molecular formula is C24H28N8O3. The molecule has 1 N–H and O–H groups in total. The quantitative estimate of drug-likeness (QED) is 0.285. The Morgan fingerprint density at radius 3 is 2.66 bits per heavy atom. The molecule has 4 rings (SSSR count). The number of ether oxygens (including phenoxy) is 1. The van der Waals surface area contributed by atoms with Crippen molar-refractivity contribution in [2.45, 2.75) is 0 Å². The lowest BCUT2D eigenvalue weighted by Gasteiger charge is -2.22. The first-order valence-electron chi connectivity index (χ1n) is 11.0. The third-order valence-electron chi connectivity index (χ3n) is 5.71. The summed E-state index contributed by atoms with van der Waals surface area (Å²) in [6.45, 7) is 1.37. The summed E-state index contributed by atoms with van der Waals surface area (Å²) < 4.78 is 7.54. The van der Waals surface area contributed by atoms with Crippen molar-refractivity contribution in [3.63, 3.8) is 0 Å². The van der Waals surface area contributed by atoms with E-state index in [1.54, 1.807) is 24.5 Å². The van der Waals surface area contributed by atoms with Gasteiger partial charge in [-0.15, -0.1) is 0 Å². The van der Waals surface area contributed by atoms with Gasteiger partial charge < -0.3 is 24.4 Å². The van der Waals surface area contributed by atoms with Gasteiger partial charge in [-0.05, 0) is 32.3 Å². The first kappa shape index (κ1) is 23.9. The molecule has 0 aliphatic heterocycles. The maximum absolute atomic E-state index is 11.9. The number of nitro benzene ring substituents is 1. The Labute approximate surface area is 203 Å². The number of anilines is 3. The minimum atomic E-state index is -0.398. The number of aryl methyl sites for hydroxylation is 1. The lowest BCUT2D eigenvalue weighted by Crippen LogP contribution is -2.28. The Kier molecular flexibility index (Phi) is 6.78. The highest BCUT2D eigenvalue weighted by Crippen LogP contribution is 2.39. The van der Waals surface area contributed by atoms with Crippen LogP contribution >= 0.6 is 0 Å². The number of benzene rings is 1. The largest absolute Gasteiger partial charge is 0.494 e. The molecule has 11 nitrogen and oxygen atoms in total. The average Bonchev–Trinajstić information content (AvgIpc) is 3.19. The second-order valence-corrected chi connectivity index (χ2v) is 8.44. The normalized spacial score (nSPS) is 11.1. The third kappa shape index (κ3) is 4.99. The molecule has 0 fully saturated rings. The summed E-state index contributed by atoms with van der Waals surface area (Å²) in [7, 11) is 9.21.